The van der Waals surface area contributed by atoms with E-state index in [1.54, 1.807) is 30.3 Å². The van der Waals surface area contributed by atoms with Crippen molar-refractivity contribution >= 4 is 34.8 Å². The molecule has 2 aromatic carbocycles. The van der Waals surface area contributed by atoms with Crippen LogP contribution >= 0.6 is 23.2 Å². The Kier molecular flexibility index (Phi) is 5.96. The maximum absolute atomic E-state index is 13.0. The minimum atomic E-state index is -0.380. The monoisotopic (exact) mass is 448 g/mol. The van der Waals surface area contributed by atoms with Crippen molar-refractivity contribution in [2.45, 2.75) is 25.5 Å². The van der Waals surface area contributed by atoms with E-state index in [1.165, 1.54) is 12.1 Å². The molecular weight excluding hydrogens is 434 g/mol. The van der Waals surface area contributed by atoms with Crippen molar-refractivity contribution in [3.8, 4) is 11.5 Å². The predicted octanol–water partition coefficient (Wildman–Crippen LogP) is 4.19. The summed E-state index contributed by atoms with van der Waals surface area (Å²) in [5.41, 5.74) is 1.71. The van der Waals surface area contributed by atoms with Gasteiger partial charge in [-0.05, 0) is 42.0 Å². The van der Waals surface area contributed by atoms with Gasteiger partial charge in [0.05, 0.1) is 16.5 Å². The first-order valence-electron chi connectivity index (χ1n) is 9.01. The number of oxime groups is 1. The molecular formula is C20H15Cl2FN4O3. The number of benzene rings is 2. The number of carbonyl (C=O) groups is 1. The van der Waals surface area contributed by atoms with Crippen LogP contribution in [0.3, 0.4) is 0 Å². The lowest BCUT2D eigenvalue weighted by atomic mass is 10.1. The van der Waals surface area contributed by atoms with E-state index < -0.39 is 0 Å². The molecule has 1 atom stereocenters. The molecule has 10 heteroatoms. The van der Waals surface area contributed by atoms with Crippen molar-refractivity contribution in [2.75, 3.05) is 0 Å². The van der Waals surface area contributed by atoms with Crippen LogP contribution in [0, 0.1) is 5.82 Å². The Bertz CT molecular complexity index is 1100. The van der Waals surface area contributed by atoms with E-state index in [0.29, 0.717) is 34.3 Å². The second-order valence-corrected chi connectivity index (χ2v) is 7.44. The Labute approximate surface area is 180 Å². The summed E-state index contributed by atoms with van der Waals surface area (Å²) in [6.07, 6.45) is 0.250. The van der Waals surface area contributed by atoms with Gasteiger partial charge in [-0.2, -0.15) is 4.98 Å². The van der Waals surface area contributed by atoms with Crippen LogP contribution < -0.4 is 5.32 Å². The Morgan fingerprint density at radius 3 is 2.73 bits per heavy atom. The van der Waals surface area contributed by atoms with Gasteiger partial charge in [0, 0.05) is 18.5 Å². The van der Waals surface area contributed by atoms with Crippen molar-refractivity contribution in [1.82, 2.24) is 15.5 Å². The molecule has 1 aromatic heterocycles. The van der Waals surface area contributed by atoms with Crippen LogP contribution in [0.25, 0.3) is 11.5 Å². The highest BCUT2D eigenvalue weighted by molar-refractivity contribution is 6.42. The molecule has 2 heterocycles. The lowest BCUT2D eigenvalue weighted by Crippen LogP contribution is -2.30. The second-order valence-electron chi connectivity index (χ2n) is 6.63. The van der Waals surface area contributed by atoms with E-state index in [0.717, 1.165) is 5.56 Å². The molecule has 154 valence electrons. The van der Waals surface area contributed by atoms with Gasteiger partial charge in [-0.3, -0.25) is 4.79 Å². The lowest BCUT2D eigenvalue weighted by molar-refractivity contribution is -0.115. The Balaban J connectivity index is 1.29. The summed E-state index contributed by atoms with van der Waals surface area (Å²) in [4.78, 5) is 21.9. The third-order valence-electron chi connectivity index (χ3n) is 4.40. The summed E-state index contributed by atoms with van der Waals surface area (Å²) in [7, 11) is 0. The number of rotatable bonds is 6. The lowest BCUT2D eigenvalue weighted by Gasteiger charge is -2.06. The first kappa shape index (κ1) is 20.3. The fraction of sp³-hybridized carbons (Fsp3) is 0.200. The third-order valence-corrected chi connectivity index (χ3v) is 5.14. The average molecular weight is 449 g/mol. The highest BCUT2D eigenvalue weighted by Crippen LogP contribution is 2.23. The van der Waals surface area contributed by atoms with Gasteiger partial charge < -0.3 is 14.7 Å². The molecule has 0 spiro atoms. The van der Waals surface area contributed by atoms with Gasteiger partial charge in [-0.25, -0.2) is 4.39 Å². The van der Waals surface area contributed by atoms with Crippen molar-refractivity contribution in [3.63, 3.8) is 0 Å². The predicted molar refractivity (Wildman–Crippen MR) is 109 cm³/mol. The van der Waals surface area contributed by atoms with Gasteiger partial charge in [0.15, 0.2) is 5.82 Å². The molecule has 1 aliphatic rings. The van der Waals surface area contributed by atoms with Crippen LogP contribution in [0.2, 0.25) is 10.0 Å². The molecule has 0 radical (unpaired) electrons. The number of carbonyl (C=O) groups excluding carboxylic acids is 1. The average Bonchev–Trinajstić information content (AvgIpc) is 3.39. The van der Waals surface area contributed by atoms with Gasteiger partial charge in [0.25, 0.3) is 11.8 Å². The van der Waals surface area contributed by atoms with Crippen LogP contribution in [0.5, 0.6) is 0 Å². The minimum absolute atomic E-state index is 0.280. The highest BCUT2D eigenvalue weighted by Gasteiger charge is 2.27. The van der Waals surface area contributed by atoms with Crippen LogP contribution in [-0.4, -0.2) is 27.9 Å². The van der Waals surface area contributed by atoms with Gasteiger partial charge in [-0.15, -0.1) is 0 Å². The topological polar surface area (TPSA) is 89.6 Å². The molecule has 3 aromatic rings. The Hall–Kier alpha value is -2.97. The molecule has 0 saturated heterocycles. The molecule has 1 amide bonds. The SMILES string of the molecule is O=C(NCc1ccc(Cl)c(Cl)c1)C1=NO[C@@H](Cc2noc(-c3ccc(F)cc3)n2)C1. The number of halogens is 3. The van der Waals surface area contributed by atoms with Crippen LogP contribution in [0.15, 0.2) is 52.1 Å². The van der Waals surface area contributed by atoms with E-state index >= 15 is 0 Å². The number of hydrogen-bond donors (Lipinski definition) is 1. The summed E-state index contributed by atoms with van der Waals surface area (Å²) in [6, 6.07) is 10.9. The first-order chi connectivity index (χ1) is 14.5. The summed E-state index contributed by atoms with van der Waals surface area (Å²) in [5, 5.41) is 11.4. The highest BCUT2D eigenvalue weighted by atomic mass is 35.5. The van der Waals surface area contributed by atoms with Crippen LogP contribution in [-0.2, 0) is 22.6 Å². The maximum atomic E-state index is 13.0. The quantitative estimate of drug-likeness (QED) is 0.610. The molecule has 4 rings (SSSR count). The summed E-state index contributed by atoms with van der Waals surface area (Å²) in [6.45, 7) is 0.283. The maximum Gasteiger partial charge on any atom is 0.269 e. The second kappa shape index (κ2) is 8.81. The number of amides is 1. The van der Waals surface area contributed by atoms with Gasteiger partial charge >= 0.3 is 0 Å². The molecule has 0 saturated carbocycles. The van der Waals surface area contributed by atoms with Gasteiger partial charge in [0.1, 0.15) is 17.6 Å². The first-order valence-corrected chi connectivity index (χ1v) is 9.77. The molecule has 1 aliphatic heterocycles. The Morgan fingerprint density at radius 2 is 1.97 bits per heavy atom. The minimum Gasteiger partial charge on any atom is -0.391 e. The van der Waals surface area contributed by atoms with E-state index in [4.69, 9.17) is 32.6 Å². The zero-order valence-corrected chi connectivity index (χ0v) is 17.0. The summed E-state index contributed by atoms with van der Waals surface area (Å²) in [5.74, 6) is 0.0131. The van der Waals surface area contributed by atoms with Gasteiger partial charge in [-0.1, -0.05) is 39.6 Å². The largest absolute Gasteiger partial charge is 0.391 e. The zero-order valence-electron chi connectivity index (χ0n) is 15.4. The van der Waals surface area contributed by atoms with E-state index in [-0.39, 0.29) is 36.0 Å². The van der Waals surface area contributed by atoms with Crippen LogP contribution in [0.4, 0.5) is 4.39 Å². The molecule has 30 heavy (non-hydrogen) atoms. The van der Waals surface area contributed by atoms with Crippen LogP contribution in [0.1, 0.15) is 17.8 Å². The number of nitrogens with zero attached hydrogens (tertiary/aromatic N) is 3. The van der Waals surface area contributed by atoms with Crippen molar-refractivity contribution in [3.05, 3.63) is 69.7 Å². The zero-order chi connectivity index (χ0) is 21.1. The van der Waals surface area contributed by atoms with Crippen molar-refractivity contribution in [2.24, 2.45) is 5.16 Å². The molecule has 0 bridgehead atoms. The van der Waals surface area contributed by atoms with E-state index in [9.17, 15) is 9.18 Å². The van der Waals surface area contributed by atoms with Crippen molar-refractivity contribution in [1.29, 1.82) is 0 Å². The van der Waals surface area contributed by atoms with E-state index in [2.05, 4.69) is 20.6 Å². The molecule has 1 N–H and O–H groups in total. The standard InChI is InChI=1S/C20H15Cl2FN4O3/c21-15-6-1-11(7-16(15)22)10-24-19(28)17-8-14(29-26-17)9-18-25-20(30-27-18)12-2-4-13(23)5-3-12/h1-7,14H,8-10H2,(H,24,28)/t14-/m1/s1. The van der Waals surface area contributed by atoms with Gasteiger partial charge in [0.2, 0.25) is 0 Å². The third kappa shape index (κ3) is 4.77. The molecule has 0 aliphatic carbocycles. The summed E-state index contributed by atoms with van der Waals surface area (Å²) < 4.78 is 18.2. The molecule has 7 nitrogen and oxygen atoms in total. The molecule has 0 fully saturated rings. The number of aromatic nitrogens is 2. The fourth-order valence-electron chi connectivity index (χ4n) is 2.86. The summed E-state index contributed by atoms with van der Waals surface area (Å²) >= 11 is 11.9. The Morgan fingerprint density at radius 1 is 1.17 bits per heavy atom. The molecule has 0 unspecified atom stereocenters. The fourth-order valence-corrected chi connectivity index (χ4v) is 3.18. The smallest absolute Gasteiger partial charge is 0.269 e. The number of hydrogen-bond acceptors (Lipinski definition) is 6. The number of nitrogens with one attached hydrogen (secondary N) is 1. The normalized spacial score (nSPS) is 15.6. The van der Waals surface area contributed by atoms with E-state index in [1.807, 2.05) is 0 Å². The van der Waals surface area contributed by atoms with Crippen molar-refractivity contribution < 1.29 is 18.5 Å².